The van der Waals surface area contributed by atoms with Gasteiger partial charge in [0.15, 0.2) is 11.9 Å². The van der Waals surface area contributed by atoms with Crippen molar-refractivity contribution in [1.82, 2.24) is 0 Å². The summed E-state index contributed by atoms with van der Waals surface area (Å²) >= 11 is 0. The number of carbonyl (C=O) groups is 1. The first-order chi connectivity index (χ1) is 8.32. The highest BCUT2D eigenvalue weighted by atomic mass is 16.6. The van der Waals surface area contributed by atoms with Gasteiger partial charge in [0.05, 0.1) is 18.8 Å². The molecule has 1 aliphatic heterocycles. The van der Waals surface area contributed by atoms with Gasteiger partial charge in [0.1, 0.15) is 6.10 Å². The molecule has 0 radical (unpaired) electrons. The number of aliphatic hydroxyl groups excluding tert-OH is 2. The molecule has 0 aromatic heterocycles. The maximum absolute atomic E-state index is 11.1. The van der Waals surface area contributed by atoms with Gasteiger partial charge >= 0.3 is 5.97 Å². The summed E-state index contributed by atoms with van der Waals surface area (Å²) < 4.78 is 15.8. The van der Waals surface area contributed by atoms with Gasteiger partial charge in [0, 0.05) is 0 Å². The van der Waals surface area contributed by atoms with Gasteiger partial charge in [-0.2, -0.15) is 0 Å². The number of aliphatic hydroxyl groups is 2. The molecule has 1 rings (SSSR count). The number of hydrogen-bond donors (Lipinski definition) is 2. The van der Waals surface area contributed by atoms with Crippen LogP contribution in [-0.2, 0) is 19.0 Å². The highest BCUT2D eigenvalue weighted by Gasteiger charge is 2.41. The van der Waals surface area contributed by atoms with Gasteiger partial charge in [0.2, 0.25) is 5.76 Å². The monoisotopic (exact) mass is 260 g/mol. The number of carbonyl (C=O) groups excluding carboxylic acids is 1. The fraction of sp³-hybridized carbons (Fsp3) is 0.750. The summed E-state index contributed by atoms with van der Waals surface area (Å²) in [5.41, 5.74) is 0. The topological polar surface area (TPSA) is 85.2 Å². The quantitative estimate of drug-likeness (QED) is 0.703. The third kappa shape index (κ3) is 3.61. The van der Waals surface area contributed by atoms with E-state index in [0.29, 0.717) is 0 Å². The molecule has 0 aliphatic carbocycles. The lowest BCUT2D eigenvalue weighted by atomic mass is 10.1. The Kier molecular flexibility index (Phi) is 4.98. The molecule has 0 saturated carbocycles. The SMILES string of the molecule is CC(C)OC[C@H](OC(C)C)C1OC(=O)C(O)=C1O. The van der Waals surface area contributed by atoms with Crippen LogP contribution < -0.4 is 0 Å². The third-order valence-electron chi connectivity index (χ3n) is 2.32. The first kappa shape index (κ1) is 14.8. The summed E-state index contributed by atoms with van der Waals surface area (Å²) in [5, 5.41) is 18.9. The second kappa shape index (κ2) is 6.06. The van der Waals surface area contributed by atoms with Crippen molar-refractivity contribution in [2.75, 3.05) is 6.61 Å². The molecule has 6 heteroatoms. The maximum Gasteiger partial charge on any atom is 0.377 e. The van der Waals surface area contributed by atoms with Crippen LogP contribution in [0, 0.1) is 0 Å². The third-order valence-corrected chi connectivity index (χ3v) is 2.32. The Hall–Kier alpha value is -1.27. The van der Waals surface area contributed by atoms with Crippen LogP contribution >= 0.6 is 0 Å². The molecule has 2 atom stereocenters. The first-order valence-electron chi connectivity index (χ1n) is 5.93. The summed E-state index contributed by atoms with van der Waals surface area (Å²) in [6, 6.07) is 0. The van der Waals surface area contributed by atoms with Crippen LogP contribution in [0.3, 0.4) is 0 Å². The Bertz CT molecular complexity index is 333. The fourth-order valence-electron chi connectivity index (χ4n) is 1.55. The highest BCUT2D eigenvalue weighted by molar-refractivity contribution is 5.89. The second-order valence-electron chi connectivity index (χ2n) is 4.67. The zero-order chi connectivity index (χ0) is 13.9. The number of rotatable bonds is 6. The van der Waals surface area contributed by atoms with E-state index in [1.54, 1.807) is 0 Å². The molecule has 2 N–H and O–H groups in total. The van der Waals surface area contributed by atoms with Gasteiger partial charge in [-0.25, -0.2) is 4.79 Å². The molecule has 1 unspecified atom stereocenters. The average molecular weight is 260 g/mol. The molecule has 104 valence electrons. The molecule has 0 aromatic rings. The predicted molar refractivity (Wildman–Crippen MR) is 63.3 cm³/mol. The molecule has 1 heterocycles. The van der Waals surface area contributed by atoms with Gasteiger partial charge in [-0.05, 0) is 27.7 Å². The number of ether oxygens (including phenoxy) is 3. The van der Waals surface area contributed by atoms with Crippen molar-refractivity contribution in [1.29, 1.82) is 0 Å². The van der Waals surface area contributed by atoms with Crippen molar-refractivity contribution in [3.63, 3.8) is 0 Å². The molecule has 0 amide bonds. The normalized spacial score (nSPS) is 21.9. The maximum atomic E-state index is 11.1. The average Bonchev–Trinajstić information content (AvgIpc) is 2.51. The van der Waals surface area contributed by atoms with Crippen LogP contribution in [0.2, 0.25) is 0 Å². The van der Waals surface area contributed by atoms with E-state index >= 15 is 0 Å². The van der Waals surface area contributed by atoms with E-state index in [0.717, 1.165) is 0 Å². The van der Waals surface area contributed by atoms with Crippen molar-refractivity contribution in [3.05, 3.63) is 11.5 Å². The van der Waals surface area contributed by atoms with Crippen LogP contribution in [0.1, 0.15) is 27.7 Å². The number of cyclic esters (lactones) is 1. The second-order valence-corrected chi connectivity index (χ2v) is 4.67. The largest absolute Gasteiger partial charge is 0.505 e. The molecule has 0 bridgehead atoms. The summed E-state index contributed by atoms with van der Waals surface area (Å²) in [4.78, 5) is 11.1. The summed E-state index contributed by atoms with van der Waals surface area (Å²) in [5.74, 6) is -2.21. The molecule has 18 heavy (non-hydrogen) atoms. The standard InChI is InChI=1S/C12H20O6/c1-6(2)16-5-8(17-7(3)4)11-9(13)10(14)12(15)18-11/h6-8,11,13-14H,5H2,1-4H3/t8-,11?/m0/s1. The Labute approximate surface area is 106 Å². The van der Waals surface area contributed by atoms with Gasteiger partial charge in [-0.1, -0.05) is 0 Å². The zero-order valence-electron chi connectivity index (χ0n) is 11.0. The molecule has 1 aliphatic rings. The molecule has 0 spiro atoms. The van der Waals surface area contributed by atoms with E-state index in [1.807, 2.05) is 27.7 Å². The molecule has 0 saturated heterocycles. The van der Waals surface area contributed by atoms with Gasteiger partial charge in [0.25, 0.3) is 0 Å². The highest BCUT2D eigenvalue weighted by Crippen LogP contribution is 2.24. The van der Waals surface area contributed by atoms with Crippen molar-refractivity contribution < 1.29 is 29.2 Å². The minimum Gasteiger partial charge on any atom is -0.505 e. The molecule has 6 nitrogen and oxygen atoms in total. The van der Waals surface area contributed by atoms with Crippen molar-refractivity contribution in [2.24, 2.45) is 0 Å². The molecule has 0 aromatic carbocycles. The first-order valence-corrected chi connectivity index (χ1v) is 5.93. The van der Waals surface area contributed by atoms with Crippen molar-refractivity contribution in [2.45, 2.75) is 52.1 Å². The van der Waals surface area contributed by atoms with Gasteiger partial charge in [-0.15, -0.1) is 0 Å². The van der Waals surface area contributed by atoms with Crippen molar-refractivity contribution >= 4 is 5.97 Å². The van der Waals surface area contributed by atoms with Crippen LogP contribution in [0.25, 0.3) is 0 Å². The number of esters is 1. The minimum absolute atomic E-state index is 0.0138. The zero-order valence-corrected chi connectivity index (χ0v) is 11.0. The Morgan fingerprint density at radius 2 is 1.83 bits per heavy atom. The predicted octanol–water partition coefficient (Wildman–Crippen LogP) is 1.46. The van der Waals surface area contributed by atoms with E-state index in [4.69, 9.17) is 14.2 Å². The van der Waals surface area contributed by atoms with Crippen LogP contribution in [0.5, 0.6) is 0 Å². The lowest BCUT2D eigenvalue weighted by molar-refractivity contribution is -0.156. The molecule has 0 fully saturated rings. The van der Waals surface area contributed by atoms with Crippen molar-refractivity contribution in [3.8, 4) is 0 Å². The van der Waals surface area contributed by atoms with Gasteiger partial charge < -0.3 is 24.4 Å². The molecular formula is C12H20O6. The van der Waals surface area contributed by atoms with E-state index in [9.17, 15) is 15.0 Å². The van der Waals surface area contributed by atoms with Crippen LogP contribution in [0.4, 0.5) is 0 Å². The fourth-order valence-corrected chi connectivity index (χ4v) is 1.55. The molecular weight excluding hydrogens is 240 g/mol. The van der Waals surface area contributed by atoms with E-state index in [-0.39, 0.29) is 18.8 Å². The lowest BCUT2D eigenvalue weighted by Gasteiger charge is -2.25. The Morgan fingerprint density at radius 3 is 2.22 bits per heavy atom. The lowest BCUT2D eigenvalue weighted by Crippen LogP contribution is -2.38. The smallest absolute Gasteiger partial charge is 0.377 e. The van der Waals surface area contributed by atoms with E-state index in [1.165, 1.54) is 0 Å². The Balaban J connectivity index is 2.74. The Morgan fingerprint density at radius 1 is 1.22 bits per heavy atom. The van der Waals surface area contributed by atoms with Crippen LogP contribution in [-0.4, -0.2) is 47.2 Å². The van der Waals surface area contributed by atoms with Gasteiger partial charge in [-0.3, -0.25) is 0 Å². The van der Waals surface area contributed by atoms with E-state index < -0.39 is 29.7 Å². The van der Waals surface area contributed by atoms with E-state index in [2.05, 4.69) is 0 Å². The summed E-state index contributed by atoms with van der Waals surface area (Å²) in [6.45, 7) is 7.52. The van der Waals surface area contributed by atoms with Crippen LogP contribution in [0.15, 0.2) is 11.5 Å². The minimum atomic E-state index is -1.02. The summed E-state index contributed by atoms with van der Waals surface area (Å²) in [7, 11) is 0. The number of hydrogen-bond acceptors (Lipinski definition) is 6. The summed E-state index contributed by atoms with van der Waals surface area (Å²) in [6.07, 6.45) is -1.81.